The molecular formula is C11H15F3O. The van der Waals surface area contributed by atoms with Crippen molar-refractivity contribution in [1.29, 1.82) is 0 Å². The number of rotatable bonds is 1. The summed E-state index contributed by atoms with van der Waals surface area (Å²) < 4.78 is 36.9. The lowest BCUT2D eigenvalue weighted by molar-refractivity contribution is 0.111. The van der Waals surface area contributed by atoms with E-state index >= 15 is 0 Å². The summed E-state index contributed by atoms with van der Waals surface area (Å²) in [4.78, 5) is 9.96. The standard InChI is InChI=1S/C7H3F3O.2C2H6/c8-4-1-6(9)5(3-11)7(10)2-4;2*1-2/h1-3H;2*1-2H3. The molecule has 0 amide bonds. The van der Waals surface area contributed by atoms with Gasteiger partial charge in [-0.05, 0) is 0 Å². The van der Waals surface area contributed by atoms with Crippen molar-refractivity contribution in [3.63, 3.8) is 0 Å². The molecular weight excluding hydrogens is 205 g/mol. The minimum absolute atomic E-state index is 0.00407. The third-order valence-corrected chi connectivity index (χ3v) is 1.16. The highest BCUT2D eigenvalue weighted by Crippen LogP contribution is 2.11. The van der Waals surface area contributed by atoms with Crippen LogP contribution in [0.25, 0.3) is 0 Å². The van der Waals surface area contributed by atoms with Crippen LogP contribution in [0.2, 0.25) is 0 Å². The lowest BCUT2D eigenvalue weighted by Crippen LogP contribution is -1.94. The van der Waals surface area contributed by atoms with Crippen molar-refractivity contribution < 1.29 is 18.0 Å². The van der Waals surface area contributed by atoms with Crippen LogP contribution in [-0.4, -0.2) is 6.29 Å². The maximum atomic E-state index is 12.4. The van der Waals surface area contributed by atoms with Crippen molar-refractivity contribution in [2.45, 2.75) is 27.7 Å². The summed E-state index contributed by atoms with van der Waals surface area (Å²) in [6.07, 6.45) is 0.00407. The molecule has 0 N–H and O–H groups in total. The SMILES string of the molecule is CC.CC.O=Cc1c(F)cc(F)cc1F. The molecule has 0 saturated carbocycles. The summed E-state index contributed by atoms with van der Waals surface area (Å²) in [6, 6.07) is 0.902. The van der Waals surface area contributed by atoms with Gasteiger partial charge in [0.1, 0.15) is 17.5 Å². The highest BCUT2D eigenvalue weighted by molar-refractivity contribution is 5.75. The Morgan fingerprint density at radius 3 is 1.53 bits per heavy atom. The Hall–Kier alpha value is -1.32. The van der Waals surface area contributed by atoms with Gasteiger partial charge in [0, 0.05) is 12.1 Å². The molecule has 0 aliphatic heterocycles. The van der Waals surface area contributed by atoms with Gasteiger partial charge >= 0.3 is 0 Å². The van der Waals surface area contributed by atoms with Gasteiger partial charge in [-0.15, -0.1) is 0 Å². The van der Waals surface area contributed by atoms with Crippen molar-refractivity contribution in [3.05, 3.63) is 35.1 Å². The fraction of sp³-hybridized carbons (Fsp3) is 0.364. The molecule has 0 atom stereocenters. The van der Waals surface area contributed by atoms with E-state index < -0.39 is 23.0 Å². The van der Waals surface area contributed by atoms with Crippen LogP contribution >= 0.6 is 0 Å². The van der Waals surface area contributed by atoms with Gasteiger partial charge in [-0.3, -0.25) is 4.79 Å². The summed E-state index contributed by atoms with van der Waals surface area (Å²) in [5.41, 5.74) is -0.744. The molecule has 1 aromatic carbocycles. The maximum absolute atomic E-state index is 12.4. The van der Waals surface area contributed by atoms with Crippen LogP contribution in [0, 0.1) is 17.5 Å². The molecule has 0 bridgehead atoms. The lowest BCUT2D eigenvalue weighted by atomic mass is 10.2. The Morgan fingerprint density at radius 2 is 1.27 bits per heavy atom. The molecule has 4 heteroatoms. The monoisotopic (exact) mass is 220 g/mol. The number of hydrogen-bond acceptors (Lipinski definition) is 1. The van der Waals surface area contributed by atoms with Gasteiger partial charge in [0.15, 0.2) is 6.29 Å². The van der Waals surface area contributed by atoms with Crippen LogP contribution in [0.4, 0.5) is 13.2 Å². The van der Waals surface area contributed by atoms with E-state index in [1.165, 1.54) is 0 Å². The zero-order valence-electron chi connectivity index (χ0n) is 9.27. The van der Waals surface area contributed by atoms with Gasteiger partial charge in [-0.25, -0.2) is 13.2 Å². The fourth-order valence-electron chi connectivity index (χ4n) is 0.666. The molecule has 0 aromatic heterocycles. The Balaban J connectivity index is 0. The average Bonchev–Trinajstić information content (AvgIpc) is 2.23. The first-order chi connectivity index (χ1) is 7.15. The summed E-state index contributed by atoms with van der Waals surface area (Å²) in [7, 11) is 0. The van der Waals surface area contributed by atoms with Crippen molar-refractivity contribution in [3.8, 4) is 0 Å². The molecule has 0 unspecified atom stereocenters. The quantitative estimate of drug-likeness (QED) is 0.654. The van der Waals surface area contributed by atoms with E-state index in [9.17, 15) is 18.0 Å². The highest BCUT2D eigenvalue weighted by Gasteiger charge is 2.09. The van der Waals surface area contributed by atoms with E-state index in [-0.39, 0.29) is 6.29 Å². The van der Waals surface area contributed by atoms with Crippen LogP contribution in [0.15, 0.2) is 12.1 Å². The molecule has 0 aliphatic rings. The fourth-order valence-corrected chi connectivity index (χ4v) is 0.666. The lowest BCUT2D eigenvalue weighted by Gasteiger charge is -1.95. The predicted octanol–water partition coefficient (Wildman–Crippen LogP) is 3.97. The van der Waals surface area contributed by atoms with Crippen LogP contribution < -0.4 is 0 Å². The molecule has 1 rings (SSSR count). The van der Waals surface area contributed by atoms with Gasteiger partial charge in [0.2, 0.25) is 0 Å². The number of carbonyl (C=O) groups excluding carboxylic acids is 1. The normalized spacial score (nSPS) is 7.93. The van der Waals surface area contributed by atoms with Crippen molar-refractivity contribution >= 4 is 6.29 Å². The predicted molar refractivity (Wildman–Crippen MR) is 54.4 cm³/mol. The topological polar surface area (TPSA) is 17.1 Å². The molecule has 1 aromatic rings. The molecule has 0 aliphatic carbocycles. The van der Waals surface area contributed by atoms with E-state index in [1.807, 2.05) is 27.7 Å². The third kappa shape index (κ3) is 5.20. The van der Waals surface area contributed by atoms with Crippen LogP contribution in [0.1, 0.15) is 38.1 Å². The maximum Gasteiger partial charge on any atom is 0.155 e. The van der Waals surface area contributed by atoms with E-state index in [4.69, 9.17) is 0 Å². The van der Waals surface area contributed by atoms with Crippen molar-refractivity contribution in [2.24, 2.45) is 0 Å². The molecule has 1 nitrogen and oxygen atoms in total. The van der Waals surface area contributed by atoms with E-state index in [2.05, 4.69) is 0 Å². The van der Waals surface area contributed by atoms with E-state index in [1.54, 1.807) is 0 Å². The van der Waals surface area contributed by atoms with Gasteiger partial charge in [0.25, 0.3) is 0 Å². The Kier molecular flexibility index (Phi) is 9.94. The average molecular weight is 220 g/mol. The molecule has 86 valence electrons. The van der Waals surface area contributed by atoms with Gasteiger partial charge in [-0.1, -0.05) is 27.7 Å². The van der Waals surface area contributed by atoms with E-state index in [0.717, 1.165) is 0 Å². The van der Waals surface area contributed by atoms with Crippen LogP contribution in [0.3, 0.4) is 0 Å². The number of hydrogen-bond donors (Lipinski definition) is 0. The largest absolute Gasteiger partial charge is 0.298 e. The second kappa shape index (κ2) is 9.24. The number of halogens is 3. The highest BCUT2D eigenvalue weighted by atomic mass is 19.1. The molecule has 0 saturated heterocycles. The Labute approximate surface area is 87.9 Å². The van der Waals surface area contributed by atoms with Crippen molar-refractivity contribution in [1.82, 2.24) is 0 Å². The zero-order valence-corrected chi connectivity index (χ0v) is 9.27. The summed E-state index contributed by atoms with van der Waals surface area (Å²) >= 11 is 0. The molecule has 15 heavy (non-hydrogen) atoms. The minimum atomic E-state index is -1.18. The Morgan fingerprint density at radius 1 is 0.933 bits per heavy atom. The summed E-state index contributed by atoms with van der Waals surface area (Å²) in [6.45, 7) is 8.00. The van der Waals surface area contributed by atoms with Gasteiger partial charge < -0.3 is 0 Å². The minimum Gasteiger partial charge on any atom is -0.298 e. The second-order valence-electron chi connectivity index (χ2n) is 1.90. The first-order valence-electron chi connectivity index (χ1n) is 4.75. The summed E-state index contributed by atoms with van der Waals surface area (Å²) in [5, 5.41) is 0. The number of carbonyl (C=O) groups is 1. The molecule has 0 spiro atoms. The summed E-state index contributed by atoms with van der Waals surface area (Å²) in [5.74, 6) is -3.40. The third-order valence-electron chi connectivity index (χ3n) is 1.16. The number of aldehydes is 1. The Bertz CT molecular complexity index is 275. The zero-order chi connectivity index (χ0) is 12.4. The number of benzene rings is 1. The first-order valence-corrected chi connectivity index (χ1v) is 4.75. The van der Waals surface area contributed by atoms with Crippen LogP contribution in [-0.2, 0) is 0 Å². The van der Waals surface area contributed by atoms with Gasteiger partial charge in [0.05, 0.1) is 5.56 Å². The van der Waals surface area contributed by atoms with Gasteiger partial charge in [-0.2, -0.15) is 0 Å². The van der Waals surface area contributed by atoms with Crippen molar-refractivity contribution in [2.75, 3.05) is 0 Å². The van der Waals surface area contributed by atoms with Crippen LogP contribution in [0.5, 0.6) is 0 Å². The molecule has 0 radical (unpaired) electrons. The smallest absolute Gasteiger partial charge is 0.155 e. The second-order valence-corrected chi connectivity index (χ2v) is 1.90. The molecule has 0 fully saturated rings. The first kappa shape index (κ1) is 16.1. The van der Waals surface area contributed by atoms with E-state index in [0.29, 0.717) is 12.1 Å². The molecule has 0 heterocycles.